The van der Waals surface area contributed by atoms with Crippen LogP contribution in [0.25, 0.3) is 0 Å². The second kappa shape index (κ2) is 4.92. The summed E-state index contributed by atoms with van der Waals surface area (Å²) in [6.07, 6.45) is 10.0. The molecule has 4 atom stereocenters. The predicted octanol–water partition coefficient (Wildman–Crippen LogP) is 3.36. The minimum atomic E-state index is 0.486. The number of fused-ring (bicyclic) bond motifs is 3. The van der Waals surface area contributed by atoms with Crippen LogP contribution in [0.1, 0.15) is 55.7 Å². The molecule has 0 spiro atoms. The highest BCUT2D eigenvalue weighted by atomic mass is 16.5. The Labute approximate surface area is 115 Å². The number of aryl methyl sites for hydroxylation is 1. The van der Waals surface area contributed by atoms with Gasteiger partial charge in [-0.25, -0.2) is 0 Å². The van der Waals surface area contributed by atoms with Crippen LogP contribution in [0.3, 0.4) is 0 Å². The highest BCUT2D eigenvalue weighted by molar-refractivity contribution is 5.31. The highest BCUT2D eigenvalue weighted by Gasteiger charge is 2.41. The molecular formula is C17H23NO. The van der Waals surface area contributed by atoms with Crippen molar-refractivity contribution in [3.63, 3.8) is 0 Å². The smallest absolute Gasteiger partial charge is 0.0733 e. The van der Waals surface area contributed by atoms with Gasteiger partial charge in [0.15, 0.2) is 0 Å². The van der Waals surface area contributed by atoms with Gasteiger partial charge in [-0.15, -0.1) is 0 Å². The minimum Gasteiger partial charge on any atom is -0.373 e. The third kappa shape index (κ3) is 2.21. The van der Waals surface area contributed by atoms with Gasteiger partial charge in [-0.05, 0) is 49.7 Å². The number of benzene rings is 1. The van der Waals surface area contributed by atoms with Crippen molar-refractivity contribution in [3.05, 3.63) is 35.4 Å². The quantitative estimate of drug-likeness (QED) is 0.820. The predicted molar refractivity (Wildman–Crippen MR) is 76.2 cm³/mol. The summed E-state index contributed by atoms with van der Waals surface area (Å²) >= 11 is 0. The van der Waals surface area contributed by atoms with Crippen molar-refractivity contribution in [1.82, 2.24) is 5.32 Å². The van der Waals surface area contributed by atoms with Gasteiger partial charge in [0.25, 0.3) is 0 Å². The van der Waals surface area contributed by atoms with Crippen LogP contribution in [0.15, 0.2) is 24.3 Å². The van der Waals surface area contributed by atoms with Gasteiger partial charge in [-0.3, -0.25) is 0 Å². The van der Waals surface area contributed by atoms with E-state index in [1.54, 1.807) is 11.1 Å². The first-order chi connectivity index (χ1) is 9.40. The van der Waals surface area contributed by atoms with Gasteiger partial charge in [0.05, 0.1) is 12.2 Å². The number of rotatable bonds is 2. The minimum absolute atomic E-state index is 0.486. The lowest BCUT2D eigenvalue weighted by Crippen LogP contribution is -2.40. The molecule has 3 aliphatic rings. The molecule has 0 radical (unpaired) electrons. The monoisotopic (exact) mass is 257 g/mol. The molecule has 2 aliphatic heterocycles. The second-order valence-corrected chi connectivity index (χ2v) is 6.38. The molecule has 2 heteroatoms. The van der Waals surface area contributed by atoms with Crippen molar-refractivity contribution >= 4 is 0 Å². The third-order valence-electron chi connectivity index (χ3n) is 5.14. The fourth-order valence-corrected chi connectivity index (χ4v) is 4.17. The van der Waals surface area contributed by atoms with Gasteiger partial charge in [0.1, 0.15) is 0 Å². The van der Waals surface area contributed by atoms with E-state index < -0.39 is 0 Å². The Hall–Kier alpha value is -0.860. The maximum Gasteiger partial charge on any atom is 0.0733 e. The molecule has 2 nitrogen and oxygen atoms in total. The molecule has 0 amide bonds. The number of nitrogens with one attached hydrogen (secondary N) is 1. The summed E-state index contributed by atoms with van der Waals surface area (Å²) in [5.41, 5.74) is 3.10. The molecule has 2 saturated heterocycles. The lowest BCUT2D eigenvalue weighted by Gasteiger charge is -2.27. The lowest BCUT2D eigenvalue weighted by atomic mass is 9.92. The first-order valence-electron chi connectivity index (χ1n) is 7.89. The average molecular weight is 257 g/mol. The van der Waals surface area contributed by atoms with Crippen LogP contribution in [0.4, 0.5) is 0 Å². The van der Waals surface area contributed by atoms with Crippen LogP contribution < -0.4 is 5.32 Å². The van der Waals surface area contributed by atoms with Crippen molar-refractivity contribution < 1.29 is 4.74 Å². The van der Waals surface area contributed by atoms with Gasteiger partial charge in [0, 0.05) is 12.1 Å². The molecule has 0 aromatic heterocycles. The Bertz CT molecular complexity index is 458. The van der Waals surface area contributed by atoms with Crippen molar-refractivity contribution in [2.75, 3.05) is 0 Å². The van der Waals surface area contributed by atoms with Crippen LogP contribution >= 0.6 is 0 Å². The lowest BCUT2D eigenvalue weighted by molar-refractivity contribution is 0.0958. The van der Waals surface area contributed by atoms with Gasteiger partial charge < -0.3 is 10.1 Å². The highest BCUT2D eigenvalue weighted by Crippen LogP contribution is 2.37. The molecular weight excluding hydrogens is 234 g/mol. The van der Waals surface area contributed by atoms with E-state index in [2.05, 4.69) is 29.6 Å². The average Bonchev–Trinajstić information content (AvgIpc) is 2.99. The molecule has 1 N–H and O–H groups in total. The molecule has 2 bridgehead atoms. The second-order valence-electron chi connectivity index (χ2n) is 6.38. The van der Waals surface area contributed by atoms with E-state index in [0.29, 0.717) is 24.3 Å². The van der Waals surface area contributed by atoms with Crippen molar-refractivity contribution in [1.29, 1.82) is 0 Å². The Balaban J connectivity index is 1.54. The van der Waals surface area contributed by atoms with Gasteiger partial charge in [-0.1, -0.05) is 30.7 Å². The molecule has 4 unspecified atom stereocenters. The third-order valence-corrected chi connectivity index (χ3v) is 5.14. The normalized spacial score (nSPS) is 37.1. The van der Waals surface area contributed by atoms with Crippen LogP contribution in [0, 0.1) is 0 Å². The molecule has 1 aromatic rings. The summed E-state index contributed by atoms with van der Waals surface area (Å²) in [5, 5.41) is 3.92. The molecule has 1 aliphatic carbocycles. The summed E-state index contributed by atoms with van der Waals surface area (Å²) in [6.45, 7) is 0. The van der Waals surface area contributed by atoms with Crippen LogP contribution in [0.5, 0.6) is 0 Å². The van der Waals surface area contributed by atoms with E-state index in [1.165, 1.54) is 44.9 Å². The summed E-state index contributed by atoms with van der Waals surface area (Å²) in [4.78, 5) is 0. The Morgan fingerprint density at radius 3 is 2.84 bits per heavy atom. The van der Waals surface area contributed by atoms with Gasteiger partial charge >= 0.3 is 0 Å². The molecule has 1 aromatic carbocycles. The summed E-state index contributed by atoms with van der Waals surface area (Å²) in [7, 11) is 0. The van der Waals surface area contributed by atoms with Gasteiger partial charge in [-0.2, -0.15) is 0 Å². The van der Waals surface area contributed by atoms with Crippen molar-refractivity contribution in [2.45, 2.75) is 69.2 Å². The topological polar surface area (TPSA) is 21.3 Å². The maximum absolute atomic E-state index is 5.98. The Morgan fingerprint density at radius 2 is 2.00 bits per heavy atom. The van der Waals surface area contributed by atoms with Crippen LogP contribution in [-0.4, -0.2) is 18.2 Å². The molecule has 4 rings (SSSR count). The number of hydrogen-bond donors (Lipinski definition) is 1. The first kappa shape index (κ1) is 11.9. The molecule has 2 heterocycles. The van der Waals surface area contributed by atoms with E-state index in [0.717, 1.165) is 0 Å². The maximum atomic E-state index is 5.98. The van der Waals surface area contributed by atoms with E-state index >= 15 is 0 Å². The SMILES string of the molecule is c1ccc2c(c1)CCCCC2NC1CC2CCC1O2. The van der Waals surface area contributed by atoms with Crippen LogP contribution in [0.2, 0.25) is 0 Å². The zero-order valence-corrected chi connectivity index (χ0v) is 11.5. The zero-order chi connectivity index (χ0) is 12.7. The molecule has 102 valence electrons. The molecule has 19 heavy (non-hydrogen) atoms. The van der Waals surface area contributed by atoms with E-state index in [4.69, 9.17) is 4.74 Å². The fraction of sp³-hybridized carbons (Fsp3) is 0.647. The Morgan fingerprint density at radius 1 is 1.05 bits per heavy atom. The van der Waals surface area contributed by atoms with Crippen LogP contribution in [-0.2, 0) is 11.2 Å². The summed E-state index contributed by atoms with van der Waals surface area (Å²) in [6, 6.07) is 10.2. The zero-order valence-electron chi connectivity index (χ0n) is 11.5. The van der Waals surface area contributed by atoms with E-state index in [9.17, 15) is 0 Å². The standard InChI is InChI=1S/C17H23NO/c1-3-7-14-12(5-1)6-2-4-8-15(14)18-16-11-13-9-10-17(16)19-13/h1,3,5,7,13,15-18H,2,4,6,8-11H2. The molecule has 2 fully saturated rings. The largest absolute Gasteiger partial charge is 0.373 e. The van der Waals surface area contributed by atoms with E-state index in [-0.39, 0.29) is 0 Å². The molecule has 0 saturated carbocycles. The number of ether oxygens (including phenoxy) is 1. The van der Waals surface area contributed by atoms with E-state index in [1.807, 2.05) is 0 Å². The van der Waals surface area contributed by atoms with Crippen molar-refractivity contribution in [2.24, 2.45) is 0 Å². The first-order valence-corrected chi connectivity index (χ1v) is 7.89. The number of hydrogen-bond acceptors (Lipinski definition) is 2. The van der Waals surface area contributed by atoms with Gasteiger partial charge in [0.2, 0.25) is 0 Å². The summed E-state index contributed by atoms with van der Waals surface area (Å²) < 4.78 is 5.98. The Kier molecular flexibility index (Phi) is 3.08. The van der Waals surface area contributed by atoms with Crippen molar-refractivity contribution in [3.8, 4) is 0 Å². The fourth-order valence-electron chi connectivity index (χ4n) is 4.17. The summed E-state index contributed by atoms with van der Waals surface area (Å²) in [5.74, 6) is 0.